The molecule has 0 bridgehead atoms. The number of carbonyl (C=O) groups is 1. The highest BCUT2D eigenvalue weighted by atomic mass is 32.2. The van der Waals surface area contributed by atoms with Crippen molar-refractivity contribution in [3.8, 4) is 0 Å². The summed E-state index contributed by atoms with van der Waals surface area (Å²) in [6.07, 6.45) is 2.44. The van der Waals surface area contributed by atoms with E-state index in [0.717, 1.165) is 0 Å². The molecule has 1 fully saturated rings. The Labute approximate surface area is 135 Å². The molecule has 2 rings (SSSR count). The molecule has 0 aromatic carbocycles. The Kier molecular flexibility index (Phi) is 6.31. The maximum Gasteiger partial charge on any atom is 0.305 e. The molecule has 2 N–H and O–H groups in total. The summed E-state index contributed by atoms with van der Waals surface area (Å²) in [4.78, 5) is 14.1. The first kappa shape index (κ1) is 17.6. The first-order valence-corrected chi connectivity index (χ1v) is 8.88. The summed E-state index contributed by atoms with van der Waals surface area (Å²) < 4.78 is 36.0. The van der Waals surface area contributed by atoms with E-state index in [2.05, 4.69) is 15.0 Å². The summed E-state index contributed by atoms with van der Waals surface area (Å²) in [5.74, 6) is 0.443. The minimum atomic E-state index is -3.49. The predicted molar refractivity (Wildman–Crippen MR) is 82.3 cm³/mol. The minimum absolute atomic E-state index is 0.222. The zero-order valence-corrected chi connectivity index (χ0v) is 13.9. The summed E-state index contributed by atoms with van der Waals surface area (Å²) >= 11 is 0. The number of aromatic amines is 1. The topological polar surface area (TPSA) is 99.1 Å². The van der Waals surface area contributed by atoms with E-state index in [1.165, 1.54) is 17.6 Å². The van der Waals surface area contributed by atoms with Gasteiger partial charge in [0, 0.05) is 25.6 Å². The number of aromatic nitrogens is 1. The van der Waals surface area contributed by atoms with Crippen LogP contribution in [0, 0.1) is 0 Å². The van der Waals surface area contributed by atoms with Gasteiger partial charge in [0.25, 0.3) is 5.82 Å². The molecule has 1 saturated heterocycles. The number of hydrogen-bond donors (Lipinski definition) is 1. The zero-order valence-electron chi connectivity index (χ0n) is 13.1. The summed E-state index contributed by atoms with van der Waals surface area (Å²) in [7, 11) is -2.13. The van der Waals surface area contributed by atoms with Crippen molar-refractivity contribution in [2.45, 2.75) is 17.7 Å². The lowest BCUT2D eigenvalue weighted by Gasteiger charge is -2.25. The van der Waals surface area contributed by atoms with Crippen molar-refractivity contribution in [2.75, 3.05) is 45.3 Å². The molecule has 0 radical (unpaired) electrons. The highest BCUT2D eigenvalue weighted by Gasteiger charge is 2.27. The fourth-order valence-corrected chi connectivity index (χ4v) is 3.55. The first-order chi connectivity index (χ1) is 11.0. The van der Waals surface area contributed by atoms with Gasteiger partial charge in [-0.1, -0.05) is 0 Å². The molecule has 9 heteroatoms. The molecule has 1 aromatic rings. The highest BCUT2D eigenvalue weighted by molar-refractivity contribution is 7.89. The zero-order chi connectivity index (χ0) is 16.7. The van der Waals surface area contributed by atoms with Gasteiger partial charge in [0.1, 0.15) is 11.1 Å². The number of rotatable bonds is 7. The minimum Gasteiger partial charge on any atom is -0.469 e. The van der Waals surface area contributed by atoms with Crippen molar-refractivity contribution in [1.29, 1.82) is 0 Å². The Bertz CT molecular complexity index is 612. The third kappa shape index (κ3) is 4.88. The van der Waals surface area contributed by atoms with Crippen LogP contribution in [-0.2, 0) is 24.3 Å². The molecule has 1 aliphatic rings. The number of sulfonamides is 1. The molecule has 8 nitrogen and oxygen atoms in total. The number of carbonyl (C=O) groups excluding carboxylic acids is 1. The Hall–Kier alpha value is -1.71. The van der Waals surface area contributed by atoms with E-state index in [1.807, 2.05) is 0 Å². The normalized spacial score (nSPS) is 16.0. The van der Waals surface area contributed by atoms with E-state index in [1.54, 1.807) is 12.1 Å². The van der Waals surface area contributed by atoms with Crippen LogP contribution >= 0.6 is 0 Å². The number of methoxy groups -OCH3 is 1. The standard InChI is InChI=1S/C14H21N3O5S/c1-21-14(18)3-2-6-15-13-5-4-12(11-16-13)23(19,20)17-7-9-22-10-8-17/h4-5,11H,2-3,6-10H2,1H3,(H,15,16)/p+1. The Balaban J connectivity index is 1.89. The van der Waals surface area contributed by atoms with E-state index in [4.69, 9.17) is 4.74 Å². The molecule has 128 valence electrons. The predicted octanol–water partition coefficient (Wildman–Crippen LogP) is -0.113. The summed E-state index contributed by atoms with van der Waals surface area (Å²) in [5, 5.41) is 3.09. The van der Waals surface area contributed by atoms with Crippen LogP contribution in [0.3, 0.4) is 0 Å². The summed E-state index contributed by atoms with van der Waals surface area (Å²) in [6.45, 7) is 2.17. The molecule has 0 saturated carbocycles. The number of hydrogen-bond acceptors (Lipinski definition) is 6. The number of anilines is 1. The van der Waals surface area contributed by atoms with Crippen molar-refractivity contribution in [3.63, 3.8) is 0 Å². The largest absolute Gasteiger partial charge is 0.469 e. The maximum absolute atomic E-state index is 12.4. The van der Waals surface area contributed by atoms with E-state index in [-0.39, 0.29) is 10.9 Å². The van der Waals surface area contributed by atoms with Crippen LogP contribution in [0.15, 0.2) is 23.2 Å². The SMILES string of the molecule is COC(=O)CCCNc1ccc(S(=O)(=O)N2CCOCC2)c[nH+]1. The van der Waals surface area contributed by atoms with Crippen LogP contribution in [-0.4, -0.2) is 58.7 Å². The maximum atomic E-state index is 12.4. The van der Waals surface area contributed by atoms with Gasteiger partial charge in [0.15, 0.2) is 0 Å². The third-order valence-corrected chi connectivity index (χ3v) is 5.39. The average Bonchev–Trinajstić information content (AvgIpc) is 2.59. The van der Waals surface area contributed by atoms with Crippen molar-refractivity contribution in [1.82, 2.24) is 4.31 Å². The smallest absolute Gasteiger partial charge is 0.305 e. The van der Waals surface area contributed by atoms with Gasteiger partial charge in [-0.05, 0) is 12.5 Å². The van der Waals surface area contributed by atoms with E-state index >= 15 is 0 Å². The molecule has 23 heavy (non-hydrogen) atoms. The van der Waals surface area contributed by atoms with Crippen molar-refractivity contribution < 1.29 is 27.7 Å². The van der Waals surface area contributed by atoms with Gasteiger partial charge in [-0.3, -0.25) is 10.1 Å². The summed E-state index contributed by atoms with van der Waals surface area (Å²) in [6, 6.07) is 3.23. The monoisotopic (exact) mass is 344 g/mol. The van der Waals surface area contributed by atoms with Crippen LogP contribution in [0.2, 0.25) is 0 Å². The van der Waals surface area contributed by atoms with Crippen LogP contribution in [0.25, 0.3) is 0 Å². The molecule has 1 aromatic heterocycles. The van der Waals surface area contributed by atoms with Gasteiger partial charge in [-0.25, -0.2) is 13.4 Å². The molecule has 2 heterocycles. The number of morpholine rings is 1. The molecule has 0 aliphatic carbocycles. The Morgan fingerprint density at radius 1 is 1.39 bits per heavy atom. The van der Waals surface area contributed by atoms with Crippen molar-refractivity contribution in [2.24, 2.45) is 0 Å². The Morgan fingerprint density at radius 3 is 2.74 bits per heavy atom. The third-order valence-electron chi connectivity index (χ3n) is 3.49. The number of H-pyrrole nitrogens is 1. The highest BCUT2D eigenvalue weighted by Crippen LogP contribution is 2.16. The van der Waals surface area contributed by atoms with Crippen LogP contribution < -0.4 is 10.3 Å². The van der Waals surface area contributed by atoms with Gasteiger partial charge in [0.2, 0.25) is 10.0 Å². The number of pyridine rings is 1. The van der Waals surface area contributed by atoms with Crippen molar-refractivity contribution >= 4 is 21.8 Å². The fraction of sp³-hybridized carbons (Fsp3) is 0.571. The van der Waals surface area contributed by atoms with Gasteiger partial charge < -0.3 is 9.47 Å². The second kappa shape index (κ2) is 8.23. The van der Waals surface area contributed by atoms with Crippen LogP contribution in [0.4, 0.5) is 5.82 Å². The Morgan fingerprint density at radius 2 is 2.13 bits per heavy atom. The van der Waals surface area contributed by atoms with Crippen LogP contribution in [0.1, 0.15) is 12.8 Å². The molecule has 0 amide bonds. The second-order valence-electron chi connectivity index (χ2n) is 5.06. The molecular weight excluding hydrogens is 322 g/mol. The number of nitrogens with zero attached hydrogens (tertiary/aromatic N) is 1. The summed E-state index contributed by atoms with van der Waals surface area (Å²) in [5.41, 5.74) is 0. The van der Waals surface area contributed by atoms with Gasteiger partial charge in [-0.2, -0.15) is 4.31 Å². The van der Waals surface area contributed by atoms with Gasteiger partial charge in [0.05, 0.1) is 26.9 Å². The van der Waals surface area contributed by atoms with Crippen LogP contribution in [0.5, 0.6) is 0 Å². The van der Waals surface area contributed by atoms with Crippen molar-refractivity contribution in [3.05, 3.63) is 18.3 Å². The lowest BCUT2D eigenvalue weighted by Crippen LogP contribution is -2.40. The van der Waals surface area contributed by atoms with E-state index in [0.29, 0.717) is 51.5 Å². The van der Waals surface area contributed by atoms with E-state index < -0.39 is 10.0 Å². The molecule has 1 aliphatic heterocycles. The lowest BCUT2D eigenvalue weighted by molar-refractivity contribution is -0.364. The average molecular weight is 344 g/mol. The first-order valence-electron chi connectivity index (χ1n) is 7.44. The van der Waals surface area contributed by atoms with Gasteiger partial charge >= 0.3 is 5.97 Å². The lowest BCUT2D eigenvalue weighted by atomic mass is 10.3. The molecule has 0 spiro atoms. The second-order valence-corrected chi connectivity index (χ2v) is 7.00. The molecular formula is C14H22N3O5S+. The number of nitrogens with one attached hydrogen (secondary N) is 2. The number of esters is 1. The van der Waals surface area contributed by atoms with Gasteiger partial charge in [-0.15, -0.1) is 0 Å². The molecule has 0 unspecified atom stereocenters. The number of ether oxygens (including phenoxy) is 2. The fourth-order valence-electron chi connectivity index (χ4n) is 2.17. The quantitative estimate of drug-likeness (QED) is 0.547. The van der Waals surface area contributed by atoms with E-state index in [9.17, 15) is 13.2 Å². The molecule has 0 atom stereocenters.